The summed E-state index contributed by atoms with van der Waals surface area (Å²) < 4.78 is 6.83. The van der Waals surface area contributed by atoms with E-state index in [1.807, 2.05) is 6.07 Å². The molecule has 144 valence electrons. The highest BCUT2D eigenvalue weighted by molar-refractivity contribution is 6.33. The molecule has 6 heteroatoms. The quantitative estimate of drug-likeness (QED) is 0.591. The van der Waals surface area contributed by atoms with Crippen LogP contribution in [-0.4, -0.2) is 28.7 Å². The van der Waals surface area contributed by atoms with E-state index in [9.17, 15) is 14.7 Å². The smallest absolute Gasteiger partial charge is 0.311 e. The van der Waals surface area contributed by atoms with Crippen molar-refractivity contribution in [3.63, 3.8) is 0 Å². The minimum atomic E-state index is -0.983. The summed E-state index contributed by atoms with van der Waals surface area (Å²) in [6.45, 7) is 5.42. The van der Waals surface area contributed by atoms with Crippen LogP contribution in [0.1, 0.15) is 34.0 Å². The molecule has 0 saturated heterocycles. The van der Waals surface area contributed by atoms with E-state index >= 15 is 0 Å². The van der Waals surface area contributed by atoms with Gasteiger partial charge in [0.1, 0.15) is 5.75 Å². The Balaban J connectivity index is 2.37. The highest BCUT2D eigenvalue weighted by Crippen LogP contribution is 2.39. The van der Waals surface area contributed by atoms with Gasteiger partial charge in [-0.15, -0.1) is 6.58 Å². The van der Waals surface area contributed by atoms with Crippen molar-refractivity contribution in [2.75, 3.05) is 7.11 Å². The van der Waals surface area contributed by atoms with Crippen LogP contribution in [0.15, 0.2) is 55.1 Å². The number of methoxy groups -OCH3 is 1. The first-order valence-electron chi connectivity index (χ1n) is 8.72. The number of aliphatic carboxylic acids is 1. The van der Waals surface area contributed by atoms with Gasteiger partial charge in [-0.25, -0.2) is 0 Å². The molecule has 0 spiro atoms. The second kappa shape index (κ2) is 7.90. The number of benzene rings is 2. The van der Waals surface area contributed by atoms with Gasteiger partial charge in [0.05, 0.1) is 23.6 Å². The number of carbonyl (C=O) groups is 2. The number of rotatable bonds is 6. The first-order chi connectivity index (χ1) is 13.4. The molecule has 3 aromatic rings. The fourth-order valence-corrected chi connectivity index (χ4v) is 3.75. The van der Waals surface area contributed by atoms with E-state index in [1.165, 1.54) is 11.7 Å². The van der Waals surface area contributed by atoms with E-state index in [0.717, 1.165) is 0 Å². The maximum Gasteiger partial charge on any atom is 0.311 e. The van der Waals surface area contributed by atoms with Crippen molar-refractivity contribution in [1.82, 2.24) is 4.57 Å². The maximum absolute atomic E-state index is 13.2. The van der Waals surface area contributed by atoms with E-state index in [1.54, 1.807) is 49.4 Å². The Morgan fingerprint density at radius 3 is 2.54 bits per heavy atom. The van der Waals surface area contributed by atoms with Gasteiger partial charge in [-0.05, 0) is 43.2 Å². The highest BCUT2D eigenvalue weighted by atomic mass is 35.5. The molecule has 5 nitrogen and oxygen atoms in total. The molecule has 0 aliphatic rings. The molecule has 1 atom stereocenters. The van der Waals surface area contributed by atoms with Crippen LogP contribution in [0.25, 0.3) is 10.9 Å². The van der Waals surface area contributed by atoms with Gasteiger partial charge in [0.25, 0.3) is 5.91 Å². The third kappa shape index (κ3) is 3.29. The molecule has 1 aromatic heterocycles. The van der Waals surface area contributed by atoms with Crippen LogP contribution in [-0.2, 0) is 4.79 Å². The van der Waals surface area contributed by atoms with E-state index in [4.69, 9.17) is 16.3 Å². The number of halogens is 1. The van der Waals surface area contributed by atoms with Gasteiger partial charge in [-0.3, -0.25) is 14.2 Å². The van der Waals surface area contributed by atoms with Crippen LogP contribution in [0.3, 0.4) is 0 Å². The number of aromatic nitrogens is 1. The Kier molecular flexibility index (Phi) is 5.56. The molecule has 0 radical (unpaired) electrons. The molecule has 0 amide bonds. The van der Waals surface area contributed by atoms with Crippen molar-refractivity contribution < 1.29 is 19.4 Å². The van der Waals surface area contributed by atoms with Crippen molar-refractivity contribution in [3.05, 3.63) is 77.0 Å². The fourth-order valence-electron chi connectivity index (χ4n) is 3.52. The van der Waals surface area contributed by atoms with Crippen LogP contribution in [0.2, 0.25) is 5.02 Å². The number of fused-ring (bicyclic) bond motifs is 1. The SMILES string of the molecule is C=CCC(C(=O)O)c1c(C)n(C(=O)c2ccccc2)c2cc(Cl)c(OC)cc12. The topological polar surface area (TPSA) is 68.5 Å². The lowest BCUT2D eigenvalue weighted by Crippen LogP contribution is -2.16. The Hall–Kier alpha value is -3.05. The summed E-state index contributed by atoms with van der Waals surface area (Å²) in [5.41, 5.74) is 2.16. The van der Waals surface area contributed by atoms with Gasteiger partial charge in [-0.2, -0.15) is 0 Å². The molecule has 28 heavy (non-hydrogen) atoms. The first-order valence-corrected chi connectivity index (χ1v) is 9.10. The third-order valence-electron chi connectivity index (χ3n) is 4.80. The maximum atomic E-state index is 13.2. The Morgan fingerprint density at radius 1 is 1.29 bits per heavy atom. The number of carbonyl (C=O) groups excluding carboxylic acids is 1. The predicted molar refractivity (Wildman–Crippen MR) is 110 cm³/mol. The summed E-state index contributed by atoms with van der Waals surface area (Å²) in [7, 11) is 1.49. The standard InChI is InChI=1S/C22H20ClNO4/c1-4-8-15(22(26)27)20-13(2)24(21(25)14-9-6-5-7-10-14)18-12-17(23)19(28-3)11-16(18)20/h4-7,9-12,15H,1,8H2,2-3H3,(H,26,27). The van der Waals surface area contributed by atoms with Gasteiger partial charge in [0, 0.05) is 16.6 Å². The summed E-state index contributed by atoms with van der Waals surface area (Å²) in [5, 5.41) is 10.8. The third-order valence-corrected chi connectivity index (χ3v) is 5.09. The van der Waals surface area contributed by atoms with Gasteiger partial charge in [0.2, 0.25) is 0 Å². The Labute approximate surface area is 167 Å². The second-order valence-corrected chi connectivity index (χ2v) is 6.83. The van der Waals surface area contributed by atoms with Crippen LogP contribution >= 0.6 is 11.6 Å². The first kappa shape index (κ1) is 19.7. The van der Waals surface area contributed by atoms with Crippen molar-refractivity contribution in [2.45, 2.75) is 19.3 Å². The monoisotopic (exact) mass is 397 g/mol. The summed E-state index contributed by atoms with van der Waals surface area (Å²) >= 11 is 6.31. The van der Waals surface area contributed by atoms with Gasteiger partial charge in [-0.1, -0.05) is 35.9 Å². The molecule has 0 saturated carbocycles. The number of nitrogens with zero attached hydrogens (tertiary/aromatic N) is 1. The zero-order valence-electron chi connectivity index (χ0n) is 15.6. The van der Waals surface area contributed by atoms with Gasteiger partial charge < -0.3 is 9.84 Å². The summed E-state index contributed by atoms with van der Waals surface area (Å²) in [5.74, 6) is -1.65. The lowest BCUT2D eigenvalue weighted by Gasteiger charge is -2.12. The molecular weight excluding hydrogens is 378 g/mol. The van der Waals surface area contributed by atoms with E-state index < -0.39 is 11.9 Å². The predicted octanol–water partition coefficient (Wildman–Crippen LogP) is 5.04. The van der Waals surface area contributed by atoms with Crippen molar-refractivity contribution in [2.24, 2.45) is 0 Å². The number of carboxylic acid groups (broad SMARTS) is 1. The number of hydrogen-bond donors (Lipinski definition) is 1. The average molecular weight is 398 g/mol. The fraction of sp³-hybridized carbons (Fsp3) is 0.182. The second-order valence-electron chi connectivity index (χ2n) is 6.42. The molecule has 1 unspecified atom stereocenters. The number of ether oxygens (including phenoxy) is 1. The zero-order chi connectivity index (χ0) is 20.4. The molecule has 0 aliphatic heterocycles. The lowest BCUT2D eigenvalue weighted by atomic mass is 9.93. The minimum Gasteiger partial charge on any atom is -0.495 e. The number of hydrogen-bond acceptors (Lipinski definition) is 3. The van der Waals surface area contributed by atoms with E-state index in [2.05, 4.69) is 6.58 Å². The zero-order valence-corrected chi connectivity index (χ0v) is 16.4. The molecule has 0 aliphatic carbocycles. The van der Waals surface area contributed by atoms with Crippen molar-refractivity contribution >= 4 is 34.4 Å². The molecule has 1 N–H and O–H groups in total. The molecule has 3 rings (SSSR count). The largest absolute Gasteiger partial charge is 0.495 e. The Morgan fingerprint density at radius 2 is 1.96 bits per heavy atom. The van der Waals surface area contributed by atoms with Crippen LogP contribution in [0.5, 0.6) is 5.75 Å². The van der Waals surface area contributed by atoms with Crippen molar-refractivity contribution in [3.8, 4) is 5.75 Å². The number of carboxylic acids is 1. The summed E-state index contributed by atoms with van der Waals surface area (Å²) in [6.07, 6.45) is 1.80. The summed E-state index contributed by atoms with van der Waals surface area (Å²) in [4.78, 5) is 25.2. The molecule has 0 fully saturated rings. The highest BCUT2D eigenvalue weighted by Gasteiger charge is 2.29. The number of allylic oxidation sites excluding steroid dienone is 1. The van der Waals surface area contributed by atoms with Crippen LogP contribution in [0, 0.1) is 6.92 Å². The van der Waals surface area contributed by atoms with E-state index in [0.29, 0.717) is 38.5 Å². The average Bonchev–Trinajstić information content (AvgIpc) is 2.96. The van der Waals surface area contributed by atoms with Gasteiger partial charge in [0.15, 0.2) is 0 Å². The molecular formula is C22H20ClNO4. The molecule has 0 bridgehead atoms. The molecule has 1 heterocycles. The van der Waals surface area contributed by atoms with Gasteiger partial charge >= 0.3 is 5.97 Å². The molecule has 2 aromatic carbocycles. The van der Waals surface area contributed by atoms with E-state index in [-0.39, 0.29) is 12.3 Å². The van der Waals surface area contributed by atoms with Crippen LogP contribution in [0.4, 0.5) is 0 Å². The minimum absolute atomic E-state index is 0.236. The van der Waals surface area contributed by atoms with Crippen molar-refractivity contribution in [1.29, 1.82) is 0 Å². The Bertz CT molecular complexity index is 1070. The van der Waals surface area contributed by atoms with Crippen LogP contribution < -0.4 is 4.74 Å². The lowest BCUT2D eigenvalue weighted by molar-refractivity contribution is -0.138. The normalized spacial score (nSPS) is 12.0. The summed E-state index contributed by atoms with van der Waals surface area (Å²) in [6, 6.07) is 12.2.